The molecule has 0 spiro atoms. The van der Waals surface area contributed by atoms with Crippen LogP contribution in [0.25, 0.3) is 0 Å². The Kier molecular flexibility index (Phi) is 8.32. The number of esters is 1. The SMILES string of the molecule is CCOC(=O)c1c(NC(=O)COc2ccc(Cl)cc2Cl)sc(C(=O)Nc2ccccc2)c1C. The minimum atomic E-state index is -0.637. The van der Waals surface area contributed by atoms with Crippen LogP contribution in [0, 0.1) is 6.92 Å². The zero-order valence-corrected chi connectivity index (χ0v) is 20.1. The first-order chi connectivity index (χ1) is 15.8. The normalized spacial score (nSPS) is 10.4. The maximum atomic E-state index is 12.8. The summed E-state index contributed by atoms with van der Waals surface area (Å²) in [6, 6.07) is 13.5. The first kappa shape index (κ1) is 24.6. The second kappa shape index (κ2) is 11.2. The van der Waals surface area contributed by atoms with Crippen LogP contribution in [0.5, 0.6) is 5.75 Å². The summed E-state index contributed by atoms with van der Waals surface area (Å²) in [4.78, 5) is 38.2. The molecule has 0 aliphatic heterocycles. The number of carbonyl (C=O) groups excluding carboxylic acids is 3. The molecule has 0 saturated carbocycles. The summed E-state index contributed by atoms with van der Waals surface area (Å²) in [7, 11) is 0. The molecular formula is C23H20Cl2N2O5S. The first-order valence-corrected chi connectivity index (χ1v) is 11.4. The fourth-order valence-corrected chi connectivity index (χ4v) is 4.44. The number of rotatable bonds is 8. The molecule has 2 N–H and O–H groups in total. The van der Waals surface area contributed by atoms with Crippen molar-refractivity contribution in [1.82, 2.24) is 0 Å². The van der Waals surface area contributed by atoms with Gasteiger partial charge in [-0.15, -0.1) is 11.3 Å². The van der Waals surface area contributed by atoms with Crippen LogP contribution in [0.4, 0.5) is 10.7 Å². The van der Waals surface area contributed by atoms with Crippen LogP contribution >= 0.6 is 34.5 Å². The minimum absolute atomic E-state index is 0.123. The van der Waals surface area contributed by atoms with Gasteiger partial charge in [-0.1, -0.05) is 41.4 Å². The van der Waals surface area contributed by atoms with Gasteiger partial charge in [0.05, 0.1) is 22.1 Å². The van der Waals surface area contributed by atoms with E-state index in [0.717, 1.165) is 11.3 Å². The number of carbonyl (C=O) groups is 3. The van der Waals surface area contributed by atoms with Crippen LogP contribution < -0.4 is 15.4 Å². The average Bonchev–Trinajstić information content (AvgIpc) is 3.09. The fourth-order valence-electron chi connectivity index (χ4n) is 2.87. The first-order valence-electron chi connectivity index (χ1n) is 9.84. The summed E-state index contributed by atoms with van der Waals surface area (Å²) in [6.07, 6.45) is 0. The van der Waals surface area contributed by atoms with E-state index in [2.05, 4.69) is 10.6 Å². The minimum Gasteiger partial charge on any atom is -0.482 e. The van der Waals surface area contributed by atoms with E-state index in [0.29, 0.717) is 16.3 Å². The molecule has 2 amide bonds. The number of benzene rings is 2. The Bertz CT molecular complexity index is 1180. The molecule has 0 unspecified atom stereocenters. The van der Waals surface area contributed by atoms with Crippen molar-refractivity contribution in [2.24, 2.45) is 0 Å². The number of halogens is 2. The zero-order chi connectivity index (χ0) is 24.0. The van der Waals surface area contributed by atoms with Gasteiger partial charge in [-0.05, 0) is 49.7 Å². The van der Waals surface area contributed by atoms with Gasteiger partial charge in [0.1, 0.15) is 10.8 Å². The number of hydrogen-bond acceptors (Lipinski definition) is 6. The molecule has 172 valence electrons. The highest BCUT2D eigenvalue weighted by atomic mass is 35.5. The molecule has 0 aliphatic carbocycles. The van der Waals surface area contributed by atoms with Gasteiger partial charge in [0.2, 0.25) is 0 Å². The molecule has 0 radical (unpaired) electrons. The molecule has 3 rings (SSSR count). The lowest BCUT2D eigenvalue weighted by Gasteiger charge is -2.09. The fraction of sp³-hybridized carbons (Fsp3) is 0.174. The van der Waals surface area contributed by atoms with Crippen molar-refractivity contribution in [3.63, 3.8) is 0 Å². The lowest BCUT2D eigenvalue weighted by Crippen LogP contribution is -2.21. The maximum Gasteiger partial charge on any atom is 0.341 e. The predicted molar refractivity (Wildman–Crippen MR) is 130 cm³/mol. The van der Waals surface area contributed by atoms with Crippen LogP contribution in [-0.4, -0.2) is 31.0 Å². The molecule has 3 aromatic rings. The maximum absolute atomic E-state index is 12.8. The van der Waals surface area contributed by atoms with Gasteiger partial charge in [-0.25, -0.2) is 4.79 Å². The highest BCUT2D eigenvalue weighted by molar-refractivity contribution is 7.19. The summed E-state index contributed by atoms with van der Waals surface area (Å²) in [5.41, 5.74) is 1.13. The van der Waals surface area contributed by atoms with Gasteiger partial charge in [-0.2, -0.15) is 0 Å². The second-order valence-electron chi connectivity index (χ2n) is 6.71. The van der Waals surface area contributed by atoms with E-state index >= 15 is 0 Å². The topological polar surface area (TPSA) is 93.7 Å². The van der Waals surface area contributed by atoms with Gasteiger partial charge in [-0.3, -0.25) is 9.59 Å². The van der Waals surface area contributed by atoms with Crippen molar-refractivity contribution in [2.45, 2.75) is 13.8 Å². The van der Waals surface area contributed by atoms with Crippen LogP contribution in [0.15, 0.2) is 48.5 Å². The number of anilines is 2. The molecule has 1 aromatic heterocycles. The van der Waals surface area contributed by atoms with E-state index in [1.165, 1.54) is 6.07 Å². The number of hydrogen-bond donors (Lipinski definition) is 2. The second-order valence-corrected chi connectivity index (χ2v) is 8.58. The number of nitrogens with one attached hydrogen (secondary N) is 2. The van der Waals surface area contributed by atoms with Crippen LogP contribution in [-0.2, 0) is 9.53 Å². The van der Waals surface area contributed by atoms with Crippen LogP contribution in [0.1, 0.15) is 32.5 Å². The van der Waals surface area contributed by atoms with E-state index in [1.807, 2.05) is 6.07 Å². The Morgan fingerprint density at radius 1 is 1.03 bits per heavy atom. The van der Waals surface area contributed by atoms with Gasteiger partial charge in [0.25, 0.3) is 11.8 Å². The quantitative estimate of drug-likeness (QED) is 0.376. The standard InChI is InChI=1S/C23H20Cl2N2O5S/c1-3-31-23(30)19-13(2)20(21(29)26-15-7-5-4-6-8-15)33-22(19)27-18(28)12-32-17-10-9-14(24)11-16(17)25/h4-11H,3,12H2,1-2H3,(H,26,29)(H,27,28). The van der Waals surface area contributed by atoms with Crippen molar-refractivity contribution in [2.75, 3.05) is 23.8 Å². The third-order valence-corrected chi connectivity index (χ3v) is 6.11. The predicted octanol–water partition coefficient (Wildman–Crippen LogP) is 5.81. The van der Waals surface area contributed by atoms with Crippen LogP contribution in [0.3, 0.4) is 0 Å². The van der Waals surface area contributed by atoms with Crippen LogP contribution in [0.2, 0.25) is 10.0 Å². The van der Waals surface area contributed by atoms with E-state index in [1.54, 1.807) is 50.2 Å². The Morgan fingerprint density at radius 2 is 1.76 bits per heavy atom. The van der Waals surface area contributed by atoms with Crippen molar-refractivity contribution >= 4 is 63.0 Å². The largest absolute Gasteiger partial charge is 0.482 e. The Hall–Kier alpha value is -3.07. The summed E-state index contributed by atoms with van der Waals surface area (Å²) >= 11 is 12.9. The number of para-hydroxylation sites is 1. The van der Waals surface area contributed by atoms with Gasteiger partial charge < -0.3 is 20.1 Å². The summed E-state index contributed by atoms with van der Waals surface area (Å²) < 4.78 is 10.6. The number of ether oxygens (including phenoxy) is 2. The molecule has 33 heavy (non-hydrogen) atoms. The highest BCUT2D eigenvalue weighted by Gasteiger charge is 2.27. The Labute approximate surface area is 204 Å². The molecule has 0 atom stereocenters. The van der Waals surface area contributed by atoms with E-state index < -0.39 is 17.8 Å². The highest BCUT2D eigenvalue weighted by Crippen LogP contribution is 2.34. The summed E-state index contributed by atoms with van der Waals surface area (Å²) in [6.45, 7) is 3.07. The molecule has 0 saturated heterocycles. The molecule has 0 aliphatic rings. The van der Waals surface area contributed by atoms with E-state index in [9.17, 15) is 14.4 Å². The third-order valence-electron chi connectivity index (χ3n) is 4.37. The van der Waals surface area contributed by atoms with Gasteiger partial charge in [0, 0.05) is 10.7 Å². The van der Waals surface area contributed by atoms with Gasteiger partial charge in [0.15, 0.2) is 6.61 Å². The molecule has 0 fully saturated rings. The summed E-state index contributed by atoms with van der Waals surface area (Å²) in [5, 5.41) is 6.30. The van der Waals surface area contributed by atoms with Crippen molar-refractivity contribution in [1.29, 1.82) is 0 Å². The molecule has 0 bridgehead atoms. The van der Waals surface area contributed by atoms with Crippen molar-refractivity contribution in [3.8, 4) is 5.75 Å². The average molecular weight is 507 g/mol. The summed E-state index contributed by atoms with van der Waals surface area (Å²) in [5.74, 6) is -1.30. The number of amides is 2. The molecule has 10 heteroatoms. The van der Waals surface area contributed by atoms with Crippen molar-refractivity contribution in [3.05, 3.63) is 74.6 Å². The van der Waals surface area contributed by atoms with E-state index in [4.69, 9.17) is 32.7 Å². The zero-order valence-electron chi connectivity index (χ0n) is 17.7. The number of thiophene rings is 1. The Morgan fingerprint density at radius 3 is 2.42 bits per heavy atom. The lowest BCUT2D eigenvalue weighted by atomic mass is 10.1. The third kappa shape index (κ3) is 6.25. The molecule has 2 aromatic carbocycles. The molecular weight excluding hydrogens is 487 g/mol. The molecule has 1 heterocycles. The smallest absolute Gasteiger partial charge is 0.341 e. The lowest BCUT2D eigenvalue weighted by molar-refractivity contribution is -0.118. The van der Waals surface area contributed by atoms with Crippen molar-refractivity contribution < 1.29 is 23.9 Å². The van der Waals surface area contributed by atoms with Gasteiger partial charge >= 0.3 is 5.97 Å². The Balaban J connectivity index is 1.80. The molecule has 7 nitrogen and oxygen atoms in total. The monoisotopic (exact) mass is 506 g/mol. The van der Waals surface area contributed by atoms with E-state index in [-0.39, 0.29) is 39.4 Å².